The van der Waals surface area contributed by atoms with E-state index in [1.165, 1.54) is 0 Å². The van der Waals surface area contributed by atoms with Crippen molar-refractivity contribution in [1.29, 1.82) is 0 Å². The van der Waals surface area contributed by atoms with Gasteiger partial charge in [0.05, 0.1) is 11.8 Å². The van der Waals surface area contributed by atoms with E-state index in [0.29, 0.717) is 11.5 Å². The van der Waals surface area contributed by atoms with Crippen LogP contribution in [0.3, 0.4) is 0 Å². The Morgan fingerprint density at radius 2 is 1.12 bits per heavy atom. The van der Waals surface area contributed by atoms with Crippen molar-refractivity contribution in [3.63, 3.8) is 0 Å². The smallest absolute Gasteiger partial charge is 0.315 e. The molecule has 2 aliphatic rings. The molecule has 4 unspecified atom stereocenters. The first-order valence-corrected chi connectivity index (χ1v) is 12.3. The highest BCUT2D eigenvalue weighted by Crippen LogP contribution is 2.49. The molecule has 2 aliphatic carbocycles. The van der Waals surface area contributed by atoms with Gasteiger partial charge in [-0.05, 0) is 78.3 Å². The molecule has 0 aromatic heterocycles. The third kappa shape index (κ3) is 4.62. The van der Waals surface area contributed by atoms with Crippen LogP contribution in [0.25, 0.3) is 0 Å². The molecule has 0 amide bonds. The van der Waals surface area contributed by atoms with Crippen LogP contribution in [0.1, 0.15) is 56.4 Å². The standard InChI is InChI=1S/C29H34O4/c1-5-18-9-11-20(7-3)24(15-18)32-28(30)26-22-13-14-23(17-22)27(26)29(31)33-25-16-19(6-2)10-12-21(25)8-4/h9-16,22-23,26-27H,5-8,17H2,1-4H3. The van der Waals surface area contributed by atoms with E-state index in [1.807, 2.05) is 24.3 Å². The van der Waals surface area contributed by atoms with Gasteiger partial charge in [0.2, 0.25) is 0 Å². The molecule has 0 saturated heterocycles. The lowest BCUT2D eigenvalue weighted by Gasteiger charge is -2.25. The van der Waals surface area contributed by atoms with Crippen molar-refractivity contribution >= 4 is 11.9 Å². The molecule has 33 heavy (non-hydrogen) atoms. The molecule has 1 fully saturated rings. The lowest BCUT2D eigenvalue weighted by atomic mass is 9.83. The molecule has 0 aliphatic heterocycles. The number of hydrogen-bond donors (Lipinski definition) is 0. The zero-order chi connectivity index (χ0) is 23.5. The van der Waals surface area contributed by atoms with Gasteiger partial charge in [0.15, 0.2) is 0 Å². The molecule has 174 valence electrons. The maximum atomic E-state index is 13.4. The van der Waals surface area contributed by atoms with Crippen molar-refractivity contribution in [1.82, 2.24) is 0 Å². The van der Waals surface area contributed by atoms with Gasteiger partial charge in [-0.1, -0.05) is 64.1 Å². The fourth-order valence-corrected chi connectivity index (χ4v) is 5.23. The minimum absolute atomic E-state index is 0.0205. The van der Waals surface area contributed by atoms with Gasteiger partial charge in [-0.25, -0.2) is 0 Å². The Labute approximate surface area is 197 Å². The fraction of sp³-hybridized carbons (Fsp3) is 0.448. The zero-order valence-electron chi connectivity index (χ0n) is 20.1. The Morgan fingerprint density at radius 1 is 0.697 bits per heavy atom. The molecule has 4 nitrogen and oxygen atoms in total. The summed E-state index contributed by atoms with van der Waals surface area (Å²) in [4.78, 5) is 26.8. The van der Waals surface area contributed by atoms with Crippen molar-refractivity contribution in [2.75, 3.05) is 0 Å². The summed E-state index contributed by atoms with van der Waals surface area (Å²) in [5, 5.41) is 0. The molecule has 0 radical (unpaired) electrons. The minimum Gasteiger partial charge on any atom is -0.426 e. The van der Waals surface area contributed by atoms with Crippen LogP contribution in [0.5, 0.6) is 11.5 Å². The normalized spacial score (nSPS) is 23.0. The maximum Gasteiger partial charge on any atom is 0.315 e. The topological polar surface area (TPSA) is 52.6 Å². The molecular formula is C29H34O4. The van der Waals surface area contributed by atoms with Gasteiger partial charge < -0.3 is 9.47 Å². The van der Waals surface area contributed by atoms with Crippen molar-refractivity contribution in [3.05, 3.63) is 70.8 Å². The molecule has 0 spiro atoms. The van der Waals surface area contributed by atoms with E-state index >= 15 is 0 Å². The first-order chi connectivity index (χ1) is 16.0. The summed E-state index contributed by atoms with van der Waals surface area (Å²) in [5.74, 6) is -0.401. The summed E-state index contributed by atoms with van der Waals surface area (Å²) < 4.78 is 11.9. The van der Waals surface area contributed by atoms with Gasteiger partial charge in [0.25, 0.3) is 0 Å². The van der Waals surface area contributed by atoms with Gasteiger partial charge in [0, 0.05) is 0 Å². The molecule has 0 N–H and O–H groups in total. The third-order valence-electron chi connectivity index (χ3n) is 7.27. The largest absolute Gasteiger partial charge is 0.426 e. The Hall–Kier alpha value is -2.88. The number of ether oxygens (including phenoxy) is 2. The number of fused-ring (bicyclic) bond motifs is 2. The van der Waals surface area contributed by atoms with Crippen molar-refractivity contribution in [2.24, 2.45) is 23.7 Å². The maximum absolute atomic E-state index is 13.4. The SMILES string of the molecule is CCc1ccc(CC)c(OC(=O)C2C3C=CC(C3)C2C(=O)Oc2cc(CC)ccc2CC)c1. The lowest BCUT2D eigenvalue weighted by molar-refractivity contribution is -0.151. The minimum atomic E-state index is -0.512. The van der Waals surface area contributed by atoms with E-state index in [0.717, 1.165) is 54.4 Å². The Kier molecular flexibility index (Phi) is 7.02. The van der Waals surface area contributed by atoms with Gasteiger partial charge >= 0.3 is 11.9 Å². The number of esters is 2. The summed E-state index contributed by atoms with van der Waals surface area (Å²) in [6.07, 6.45) is 8.24. The first kappa shape index (κ1) is 23.3. The van der Waals surface area contributed by atoms with E-state index in [4.69, 9.17) is 9.47 Å². The van der Waals surface area contributed by atoms with Gasteiger partial charge in [-0.15, -0.1) is 0 Å². The average molecular weight is 447 g/mol. The average Bonchev–Trinajstić information content (AvgIpc) is 3.45. The summed E-state index contributed by atoms with van der Waals surface area (Å²) in [7, 11) is 0. The van der Waals surface area contributed by atoms with Gasteiger partial charge in [0.1, 0.15) is 11.5 Å². The number of carbonyl (C=O) groups excluding carboxylic acids is 2. The predicted octanol–water partition coefficient (Wildman–Crippen LogP) is 5.89. The molecule has 1 saturated carbocycles. The number of hydrogen-bond acceptors (Lipinski definition) is 4. The monoisotopic (exact) mass is 446 g/mol. The number of rotatable bonds is 8. The van der Waals surface area contributed by atoms with Crippen LogP contribution in [-0.2, 0) is 35.3 Å². The van der Waals surface area contributed by atoms with Gasteiger partial charge in [-0.3, -0.25) is 9.59 Å². The van der Waals surface area contributed by atoms with Crippen LogP contribution in [-0.4, -0.2) is 11.9 Å². The number of benzene rings is 2. The second-order valence-corrected chi connectivity index (χ2v) is 9.14. The van der Waals surface area contributed by atoms with Crippen molar-refractivity contribution in [3.8, 4) is 11.5 Å². The molecule has 2 bridgehead atoms. The lowest BCUT2D eigenvalue weighted by Crippen LogP contribution is -2.37. The molecule has 4 heteroatoms. The zero-order valence-corrected chi connectivity index (χ0v) is 20.1. The van der Waals surface area contributed by atoms with Crippen LogP contribution in [0, 0.1) is 23.7 Å². The van der Waals surface area contributed by atoms with Crippen LogP contribution in [0.15, 0.2) is 48.6 Å². The second-order valence-electron chi connectivity index (χ2n) is 9.14. The summed E-state index contributed by atoms with van der Waals surface area (Å²) in [5.41, 5.74) is 4.26. The number of aryl methyl sites for hydroxylation is 4. The quantitative estimate of drug-likeness (QED) is 0.288. The highest BCUT2D eigenvalue weighted by Gasteiger charge is 2.53. The van der Waals surface area contributed by atoms with E-state index in [2.05, 4.69) is 52.0 Å². The predicted molar refractivity (Wildman–Crippen MR) is 129 cm³/mol. The van der Waals surface area contributed by atoms with E-state index in [1.54, 1.807) is 0 Å². The second kappa shape index (κ2) is 9.94. The molecule has 2 aromatic rings. The first-order valence-electron chi connectivity index (χ1n) is 12.3. The van der Waals surface area contributed by atoms with Gasteiger partial charge in [-0.2, -0.15) is 0 Å². The van der Waals surface area contributed by atoms with E-state index < -0.39 is 11.8 Å². The molecule has 4 atom stereocenters. The van der Waals surface area contributed by atoms with E-state index in [9.17, 15) is 9.59 Å². The van der Waals surface area contributed by atoms with Crippen molar-refractivity contribution < 1.29 is 19.1 Å². The van der Waals surface area contributed by atoms with Crippen LogP contribution >= 0.6 is 0 Å². The summed E-state index contributed by atoms with van der Waals surface area (Å²) in [6.45, 7) is 8.26. The highest BCUT2D eigenvalue weighted by atomic mass is 16.5. The number of allylic oxidation sites excluding steroid dienone is 2. The fourth-order valence-electron chi connectivity index (χ4n) is 5.23. The van der Waals surface area contributed by atoms with E-state index in [-0.39, 0.29) is 23.8 Å². The molecule has 0 heterocycles. The highest BCUT2D eigenvalue weighted by molar-refractivity contribution is 5.86. The summed E-state index contributed by atoms with van der Waals surface area (Å²) >= 11 is 0. The summed E-state index contributed by atoms with van der Waals surface area (Å²) in [6, 6.07) is 12.1. The molecule has 4 rings (SSSR count). The Bertz CT molecular complexity index is 984. The van der Waals surface area contributed by atoms with Crippen LogP contribution < -0.4 is 9.47 Å². The Balaban J connectivity index is 1.57. The number of carbonyl (C=O) groups is 2. The Morgan fingerprint density at radius 3 is 1.48 bits per heavy atom. The molecule has 2 aromatic carbocycles. The molecular weight excluding hydrogens is 412 g/mol. The van der Waals surface area contributed by atoms with Crippen LogP contribution in [0.4, 0.5) is 0 Å². The van der Waals surface area contributed by atoms with Crippen LogP contribution in [0.2, 0.25) is 0 Å². The third-order valence-corrected chi connectivity index (χ3v) is 7.27. The van der Waals surface area contributed by atoms with Crippen molar-refractivity contribution in [2.45, 2.75) is 59.8 Å².